The van der Waals surface area contributed by atoms with E-state index in [0.717, 1.165) is 24.9 Å². The van der Waals surface area contributed by atoms with E-state index in [2.05, 4.69) is 54.5 Å². The van der Waals surface area contributed by atoms with Gasteiger partial charge in [0.25, 0.3) is 0 Å². The molecular formula is C17H23N3. The van der Waals surface area contributed by atoms with Crippen LogP contribution in [0.15, 0.2) is 42.6 Å². The summed E-state index contributed by atoms with van der Waals surface area (Å²) in [5.41, 5.74) is 9.72. The molecule has 0 radical (unpaired) electrons. The number of rotatable bonds is 6. The van der Waals surface area contributed by atoms with Crippen LogP contribution in [0.1, 0.15) is 23.6 Å². The molecule has 3 nitrogen and oxygen atoms in total. The van der Waals surface area contributed by atoms with Gasteiger partial charge in [0.15, 0.2) is 0 Å². The van der Waals surface area contributed by atoms with Crippen molar-refractivity contribution in [2.24, 2.45) is 0 Å². The lowest BCUT2D eigenvalue weighted by atomic mass is 9.98. The zero-order valence-electron chi connectivity index (χ0n) is 12.3. The number of nitrogen functional groups attached to an aromatic ring is 1. The zero-order valence-corrected chi connectivity index (χ0v) is 12.3. The molecule has 3 N–H and O–H groups in total. The van der Waals surface area contributed by atoms with Crippen molar-refractivity contribution in [3.8, 4) is 0 Å². The Labute approximate surface area is 121 Å². The average Bonchev–Trinajstić information content (AvgIpc) is 2.42. The van der Waals surface area contributed by atoms with Gasteiger partial charge < -0.3 is 11.1 Å². The number of aromatic nitrogens is 1. The van der Waals surface area contributed by atoms with Gasteiger partial charge in [0.05, 0.1) is 0 Å². The Kier molecular flexibility index (Phi) is 5.13. The number of nitrogens with zero attached hydrogens (tertiary/aromatic N) is 1. The molecule has 0 saturated heterocycles. The Hall–Kier alpha value is -1.87. The number of pyridine rings is 1. The molecule has 0 fully saturated rings. The molecule has 20 heavy (non-hydrogen) atoms. The number of nitrogens with one attached hydrogen (secondary N) is 1. The molecule has 3 heteroatoms. The minimum atomic E-state index is 0.383. The quantitative estimate of drug-likeness (QED) is 0.848. The first-order valence-electron chi connectivity index (χ1n) is 7.17. The lowest BCUT2D eigenvalue weighted by Crippen LogP contribution is -2.33. The summed E-state index contributed by atoms with van der Waals surface area (Å²) >= 11 is 0. The summed E-state index contributed by atoms with van der Waals surface area (Å²) in [7, 11) is 0. The number of aryl methyl sites for hydroxylation is 1. The predicted octanol–water partition coefficient (Wildman–Crippen LogP) is 2.74. The van der Waals surface area contributed by atoms with E-state index in [0.29, 0.717) is 11.9 Å². The van der Waals surface area contributed by atoms with Crippen molar-refractivity contribution in [1.29, 1.82) is 0 Å². The van der Waals surface area contributed by atoms with Gasteiger partial charge in [0.1, 0.15) is 5.82 Å². The third kappa shape index (κ3) is 4.07. The third-order valence-corrected chi connectivity index (χ3v) is 3.45. The highest BCUT2D eigenvalue weighted by Crippen LogP contribution is 2.14. The van der Waals surface area contributed by atoms with E-state index < -0.39 is 0 Å². The van der Waals surface area contributed by atoms with Crippen molar-refractivity contribution >= 4 is 5.82 Å². The second kappa shape index (κ2) is 7.06. The summed E-state index contributed by atoms with van der Waals surface area (Å²) in [4.78, 5) is 4.16. The first-order chi connectivity index (χ1) is 9.69. The maximum atomic E-state index is 5.94. The maximum absolute atomic E-state index is 5.94. The van der Waals surface area contributed by atoms with Gasteiger partial charge >= 0.3 is 0 Å². The molecule has 0 spiro atoms. The number of anilines is 1. The van der Waals surface area contributed by atoms with Gasteiger partial charge in [0.2, 0.25) is 0 Å². The van der Waals surface area contributed by atoms with E-state index in [1.807, 2.05) is 6.07 Å². The van der Waals surface area contributed by atoms with Crippen molar-refractivity contribution < 1.29 is 0 Å². The third-order valence-electron chi connectivity index (χ3n) is 3.45. The SMILES string of the molecule is CCNC(Cc1cccc(C)c1)Cc1cccnc1N. The second-order valence-corrected chi connectivity index (χ2v) is 5.20. The van der Waals surface area contributed by atoms with Crippen LogP contribution in [-0.2, 0) is 12.8 Å². The molecule has 1 aromatic heterocycles. The Morgan fingerprint density at radius 2 is 2.05 bits per heavy atom. The normalized spacial score (nSPS) is 12.3. The number of hydrogen-bond acceptors (Lipinski definition) is 3. The smallest absolute Gasteiger partial charge is 0.126 e. The Morgan fingerprint density at radius 1 is 1.20 bits per heavy atom. The Morgan fingerprint density at radius 3 is 2.75 bits per heavy atom. The van der Waals surface area contributed by atoms with E-state index >= 15 is 0 Å². The maximum Gasteiger partial charge on any atom is 0.126 e. The molecule has 0 aliphatic rings. The minimum Gasteiger partial charge on any atom is -0.383 e. The summed E-state index contributed by atoms with van der Waals surface area (Å²) in [6, 6.07) is 13.1. The zero-order chi connectivity index (χ0) is 14.4. The summed E-state index contributed by atoms with van der Waals surface area (Å²) in [5.74, 6) is 0.639. The van der Waals surface area contributed by atoms with Crippen molar-refractivity contribution in [2.75, 3.05) is 12.3 Å². The van der Waals surface area contributed by atoms with E-state index in [4.69, 9.17) is 5.73 Å². The number of likely N-dealkylation sites (N-methyl/N-ethyl adjacent to an activating group) is 1. The Bertz CT molecular complexity index is 551. The molecule has 0 amide bonds. The summed E-state index contributed by atoms with van der Waals surface area (Å²) in [6.45, 7) is 5.22. The van der Waals surface area contributed by atoms with Crippen LogP contribution in [0.5, 0.6) is 0 Å². The van der Waals surface area contributed by atoms with Crippen molar-refractivity contribution in [3.63, 3.8) is 0 Å². The molecule has 0 bridgehead atoms. The van der Waals surface area contributed by atoms with E-state index in [-0.39, 0.29) is 0 Å². The van der Waals surface area contributed by atoms with Crippen molar-refractivity contribution in [3.05, 3.63) is 59.3 Å². The fourth-order valence-electron chi connectivity index (χ4n) is 2.52. The molecule has 1 atom stereocenters. The van der Waals surface area contributed by atoms with Crippen LogP contribution in [0, 0.1) is 6.92 Å². The molecule has 1 heterocycles. The van der Waals surface area contributed by atoms with E-state index in [9.17, 15) is 0 Å². The van der Waals surface area contributed by atoms with Gasteiger partial charge in [0, 0.05) is 12.2 Å². The minimum absolute atomic E-state index is 0.383. The molecule has 1 unspecified atom stereocenters. The fraction of sp³-hybridized carbons (Fsp3) is 0.353. The molecule has 2 aromatic rings. The number of nitrogens with two attached hydrogens (primary N) is 1. The molecule has 106 valence electrons. The van der Waals surface area contributed by atoms with Crippen LogP contribution in [0.25, 0.3) is 0 Å². The van der Waals surface area contributed by atoms with E-state index in [1.165, 1.54) is 11.1 Å². The van der Waals surface area contributed by atoms with Gasteiger partial charge in [-0.15, -0.1) is 0 Å². The van der Waals surface area contributed by atoms with Crippen molar-refractivity contribution in [1.82, 2.24) is 10.3 Å². The molecule has 2 rings (SSSR count). The molecule has 0 saturated carbocycles. The number of hydrogen-bond donors (Lipinski definition) is 2. The first-order valence-corrected chi connectivity index (χ1v) is 7.17. The van der Waals surface area contributed by atoms with Crippen LogP contribution in [0.2, 0.25) is 0 Å². The summed E-state index contributed by atoms with van der Waals surface area (Å²) in [5, 5.41) is 3.54. The highest BCUT2D eigenvalue weighted by atomic mass is 14.9. The average molecular weight is 269 g/mol. The van der Waals surface area contributed by atoms with Gasteiger partial charge in [-0.1, -0.05) is 42.8 Å². The lowest BCUT2D eigenvalue weighted by molar-refractivity contribution is 0.521. The second-order valence-electron chi connectivity index (χ2n) is 5.20. The fourth-order valence-corrected chi connectivity index (χ4v) is 2.52. The van der Waals surface area contributed by atoms with Crippen molar-refractivity contribution in [2.45, 2.75) is 32.7 Å². The van der Waals surface area contributed by atoms with Gasteiger partial charge in [-0.25, -0.2) is 4.98 Å². The van der Waals surface area contributed by atoms with Crippen LogP contribution < -0.4 is 11.1 Å². The largest absolute Gasteiger partial charge is 0.383 e. The summed E-state index contributed by atoms with van der Waals surface area (Å²) in [6.07, 6.45) is 3.65. The molecule has 1 aromatic carbocycles. The standard InChI is InChI=1S/C17H23N3/c1-3-19-16(11-14-7-4-6-13(2)10-14)12-15-8-5-9-20-17(15)18/h4-10,16,19H,3,11-12H2,1-2H3,(H2,18,20). The topological polar surface area (TPSA) is 50.9 Å². The Balaban J connectivity index is 2.09. The molecular weight excluding hydrogens is 246 g/mol. The van der Waals surface area contributed by atoms with Crippen LogP contribution >= 0.6 is 0 Å². The van der Waals surface area contributed by atoms with Crippen LogP contribution in [-0.4, -0.2) is 17.6 Å². The van der Waals surface area contributed by atoms with Crippen LogP contribution in [0.3, 0.4) is 0 Å². The van der Waals surface area contributed by atoms with Crippen LogP contribution in [0.4, 0.5) is 5.82 Å². The predicted molar refractivity (Wildman–Crippen MR) is 84.7 cm³/mol. The molecule has 0 aliphatic heterocycles. The van der Waals surface area contributed by atoms with Gasteiger partial charge in [-0.2, -0.15) is 0 Å². The van der Waals surface area contributed by atoms with E-state index in [1.54, 1.807) is 6.20 Å². The first kappa shape index (κ1) is 14.5. The van der Waals surface area contributed by atoms with Gasteiger partial charge in [-0.05, 0) is 43.5 Å². The molecule has 0 aliphatic carbocycles. The monoisotopic (exact) mass is 269 g/mol. The summed E-state index contributed by atoms with van der Waals surface area (Å²) < 4.78 is 0. The highest BCUT2D eigenvalue weighted by molar-refractivity contribution is 5.39. The lowest BCUT2D eigenvalue weighted by Gasteiger charge is -2.19. The van der Waals surface area contributed by atoms with Gasteiger partial charge in [-0.3, -0.25) is 0 Å². The highest BCUT2D eigenvalue weighted by Gasteiger charge is 2.11. The number of benzene rings is 1.